The number of hydrogen-bond donors (Lipinski definition) is 0. The smallest absolute Gasteiger partial charge is 0.153 e. The van der Waals surface area contributed by atoms with E-state index in [-0.39, 0.29) is 0 Å². The van der Waals surface area contributed by atoms with Gasteiger partial charge < -0.3 is 4.42 Å². The summed E-state index contributed by atoms with van der Waals surface area (Å²) < 4.78 is 6.01. The van der Waals surface area contributed by atoms with Crippen molar-refractivity contribution in [2.75, 3.05) is 0 Å². The first-order valence-corrected chi connectivity index (χ1v) is 14.6. The summed E-state index contributed by atoms with van der Waals surface area (Å²) in [7, 11) is 0. The van der Waals surface area contributed by atoms with Crippen LogP contribution in [0.25, 0.3) is 88.7 Å². The molecule has 0 fully saturated rings. The van der Waals surface area contributed by atoms with Crippen LogP contribution in [0.3, 0.4) is 0 Å². The Balaban J connectivity index is 1.23. The Labute approximate surface area is 249 Å². The average molecular weight is 548 g/mol. The van der Waals surface area contributed by atoms with Crippen LogP contribution in [0.2, 0.25) is 0 Å². The Morgan fingerprint density at radius 1 is 0.372 bits per heavy atom. The number of aromatic nitrogens is 1. The molecule has 0 saturated carbocycles. The maximum absolute atomic E-state index is 6.01. The molecule has 200 valence electrons. The van der Waals surface area contributed by atoms with E-state index < -0.39 is 0 Å². The molecule has 0 atom stereocenters. The van der Waals surface area contributed by atoms with Crippen molar-refractivity contribution in [3.63, 3.8) is 0 Å². The number of nitrogens with zero attached hydrogens (tertiary/aromatic N) is 1. The quantitative estimate of drug-likeness (QED) is 0.215. The van der Waals surface area contributed by atoms with Crippen LogP contribution in [0.15, 0.2) is 156 Å². The zero-order chi connectivity index (χ0) is 28.3. The number of fused-ring (bicyclic) bond motifs is 11. The van der Waals surface area contributed by atoms with E-state index in [1.165, 1.54) is 61.2 Å². The molecule has 2 heteroatoms. The van der Waals surface area contributed by atoms with Crippen LogP contribution < -0.4 is 0 Å². The molecule has 8 aromatic rings. The van der Waals surface area contributed by atoms with Gasteiger partial charge in [0.1, 0.15) is 5.58 Å². The minimum atomic E-state index is 0.815. The Morgan fingerprint density at radius 3 is 1.60 bits per heavy atom. The summed E-state index contributed by atoms with van der Waals surface area (Å²) in [5, 5.41) is 2.20. The lowest BCUT2D eigenvalue weighted by Crippen LogP contribution is -1.98. The molecule has 0 spiro atoms. The fourth-order valence-electron chi connectivity index (χ4n) is 6.80. The summed E-state index contributed by atoms with van der Waals surface area (Å²) in [6, 6.07) is 50.6. The minimum Gasteiger partial charge on any atom is -0.454 e. The Bertz CT molecular complexity index is 2340. The molecule has 2 nitrogen and oxygen atoms in total. The van der Waals surface area contributed by atoms with Crippen molar-refractivity contribution in [2.45, 2.75) is 0 Å². The van der Waals surface area contributed by atoms with Crippen molar-refractivity contribution >= 4 is 21.9 Å². The van der Waals surface area contributed by atoms with Gasteiger partial charge in [-0.2, -0.15) is 0 Å². The zero-order valence-electron chi connectivity index (χ0n) is 23.3. The van der Waals surface area contributed by atoms with E-state index >= 15 is 0 Å². The Kier molecular flexibility index (Phi) is 5.23. The van der Waals surface area contributed by atoms with E-state index in [9.17, 15) is 0 Å². The fourth-order valence-corrected chi connectivity index (χ4v) is 6.80. The molecule has 9 rings (SSSR count). The molecule has 2 heterocycles. The van der Waals surface area contributed by atoms with E-state index in [0.717, 1.165) is 27.5 Å². The molecule has 43 heavy (non-hydrogen) atoms. The third kappa shape index (κ3) is 3.70. The average Bonchev–Trinajstić information content (AvgIpc) is 3.45. The van der Waals surface area contributed by atoms with Crippen LogP contribution in [-0.2, 0) is 0 Å². The van der Waals surface area contributed by atoms with E-state index in [2.05, 4.69) is 138 Å². The fraction of sp³-hybridized carbons (Fsp3) is 0. The molecule has 0 radical (unpaired) electrons. The standard InChI is InChI=1S/C41H25NO/c1-2-9-31-30(8-1)32-10-3-4-11-34(32)37-15-7-14-29(41(37)36-13-6-5-12-33(31)36)27-18-16-26(17-19-27)28-20-21-39-38(24-28)35-22-23-42-25-40(35)43-39/h1-25H. The molecule has 0 saturated heterocycles. The molecule has 0 amide bonds. The highest BCUT2D eigenvalue weighted by Crippen LogP contribution is 2.50. The molecule has 1 aliphatic carbocycles. The highest BCUT2D eigenvalue weighted by Gasteiger charge is 2.23. The highest BCUT2D eigenvalue weighted by molar-refractivity contribution is 6.08. The van der Waals surface area contributed by atoms with Gasteiger partial charge in [0.05, 0.1) is 6.20 Å². The Morgan fingerprint density at radius 2 is 0.907 bits per heavy atom. The molecular weight excluding hydrogens is 522 g/mol. The van der Waals surface area contributed by atoms with Crippen molar-refractivity contribution in [3.8, 4) is 66.8 Å². The third-order valence-corrected chi connectivity index (χ3v) is 8.79. The molecule has 0 unspecified atom stereocenters. The summed E-state index contributed by atoms with van der Waals surface area (Å²) >= 11 is 0. The number of furan rings is 1. The normalized spacial score (nSPS) is 11.7. The molecule has 0 N–H and O–H groups in total. The number of benzene rings is 6. The molecule has 1 aliphatic rings. The molecular formula is C41H25NO. The topological polar surface area (TPSA) is 26.0 Å². The first-order chi connectivity index (χ1) is 21.3. The lowest BCUT2D eigenvalue weighted by atomic mass is 9.78. The van der Waals surface area contributed by atoms with E-state index in [1.54, 1.807) is 6.20 Å². The first kappa shape index (κ1) is 23.9. The monoisotopic (exact) mass is 547 g/mol. The molecule has 0 bridgehead atoms. The lowest BCUT2D eigenvalue weighted by molar-refractivity contribution is 0.667. The maximum Gasteiger partial charge on any atom is 0.153 e. The second kappa shape index (κ2) is 9.40. The second-order valence-corrected chi connectivity index (χ2v) is 11.1. The second-order valence-electron chi connectivity index (χ2n) is 11.1. The van der Waals surface area contributed by atoms with Crippen molar-refractivity contribution in [2.24, 2.45) is 0 Å². The van der Waals surface area contributed by atoms with Gasteiger partial charge >= 0.3 is 0 Å². The Hall–Kier alpha value is -5.73. The third-order valence-electron chi connectivity index (χ3n) is 8.79. The van der Waals surface area contributed by atoms with Gasteiger partial charge in [-0.3, -0.25) is 4.98 Å². The van der Waals surface area contributed by atoms with Crippen molar-refractivity contribution < 1.29 is 4.42 Å². The van der Waals surface area contributed by atoms with Crippen LogP contribution in [0, 0.1) is 0 Å². The van der Waals surface area contributed by atoms with Gasteiger partial charge in [-0.1, -0.05) is 121 Å². The van der Waals surface area contributed by atoms with Crippen molar-refractivity contribution in [1.29, 1.82) is 0 Å². The molecule has 6 aromatic carbocycles. The number of rotatable bonds is 2. The van der Waals surface area contributed by atoms with Gasteiger partial charge in [0.2, 0.25) is 0 Å². The van der Waals surface area contributed by atoms with Crippen LogP contribution >= 0.6 is 0 Å². The van der Waals surface area contributed by atoms with Crippen molar-refractivity contribution in [1.82, 2.24) is 4.98 Å². The lowest BCUT2D eigenvalue weighted by Gasteiger charge is -2.25. The maximum atomic E-state index is 6.01. The van der Waals surface area contributed by atoms with Crippen LogP contribution in [0.5, 0.6) is 0 Å². The number of pyridine rings is 1. The van der Waals surface area contributed by atoms with Gasteiger partial charge in [-0.15, -0.1) is 0 Å². The first-order valence-electron chi connectivity index (χ1n) is 14.6. The summed E-state index contributed by atoms with van der Waals surface area (Å²) in [5.41, 5.74) is 16.6. The van der Waals surface area contributed by atoms with Crippen LogP contribution in [0.4, 0.5) is 0 Å². The predicted octanol–water partition coefficient (Wildman–Crippen LogP) is 11.3. The minimum absolute atomic E-state index is 0.815. The van der Waals surface area contributed by atoms with E-state index in [1.807, 2.05) is 12.3 Å². The summed E-state index contributed by atoms with van der Waals surface area (Å²) in [6.07, 6.45) is 3.60. The van der Waals surface area contributed by atoms with Gasteiger partial charge in [0, 0.05) is 17.0 Å². The predicted molar refractivity (Wildman–Crippen MR) is 178 cm³/mol. The molecule has 2 aromatic heterocycles. The van der Waals surface area contributed by atoms with Gasteiger partial charge in [-0.25, -0.2) is 0 Å². The summed E-state index contributed by atoms with van der Waals surface area (Å²) in [4.78, 5) is 4.21. The number of hydrogen-bond acceptors (Lipinski definition) is 2. The van der Waals surface area contributed by atoms with E-state index in [0.29, 0.717) is 0 Å². The van der Waals surface area contributed by atoms with Crippen LogP contribution in [0.1, 0.15) is 0 Å². The molecule has 0 aliphatic heterocycles. The van der Waals surface area contributed by atoms with E-state index in [4.69, 9.17) is 4.42 Å². The van der Waals surface area contributed by atoms with Crippen molar-refractivity contribution in [3.05, 3.63) is 152 Å². The summed E-state index contributed by atoms with van der Waals surface area (Å²) in [6.45, 7) is 0. The summed E-state index contributed by atoms with van der Waals surface area (Å²) in [5.74, 6) is 0. The SMILES string of the molecule is c1ccc2c(c1)-c1ccccc1-c1cccc(-c3ccc(-c4ccc5oc6cnccc6c5c4)cc3)c1-c1ccccc1-2. The largest absolute Gasteiger partial charge is 0.454 e. The van der Waals surface area contributed by atoms with Crippen LogP contribution in [-0.4, -0.2) is 4.98 Å². The van der Waals surface area contributed by atoms with Gasteiger partial charge in [-0.05, 0) is 85.0 Å². The van der Waals surface area contributed by atoms with Gasteiger partial charge in [0.25, 0.3) is 0 Å². The highest BCUT2D eigenvalue weighted by atomic mass is 16.3. The van der Waals surface area contributed by atoms with Gasteiger partial charge in [0.15, 0.2) is 5.58 Å². The zero-order valence-corrected chi connectivity index (χ0v) is 23.3.